The van der Waals surface area contributed by atoms with E-state index >= 15 is 0 Å². The molecule has 0 aliphatic rings. The van der Waals surface area contributed by atoms with Crippen molar-refractivity contribution in [2.24, 2.45) is 0 Å². The third-order valence-corrected chi connectivity index (χ3v) is 4.14. The van der Waals surface area contributed by atoms with Crippen molar-refractivity contribution in [3.63, 3.8) is 0 Å². The molecule has 0 bridgehead atoms. The Morgan fingerprint density at radius 2 is 2.12 bits per heavy atom. The van der Waals surface area contributed by atoms with Crippen LogP contribution in [0, 0.1) is 0 Å². The number of methoxy groups -OCH3 is 2. The lowest BCUT2D eigenvalue weighted by Crippen LogP contribution is -2.05. The molecule has 2 N–H and O–H groups in total. The summed E-state index contributed by atoms with van der Waals surface area (Å²) < 4.78 is 12.5. The normalized spacial score (nSPS) is 10.8. The largest absolute Gasteiger partial charge is 0.497 e. The van der Waals surface area contributed by atoms with E-state index < -0.39 is 0 Å². The van der Waals surface area contributed by atoms with Gasteiger partial charge in [0.2, 0.25) is 0 Å². The fourth-order valence-electron chi connectivity index (χ4n) is 2.85. The zero-order valence-corrected chi connectivity index (χ0v) is 14.4. The molecule has 8 nitrogen and oxygen atoms in total. The molecular formula is C18H18N6O2. The highest BCUT2D eigenvalue weighted by atomic mass is 16.5. The summed E-state index contributed by atoms with van der Waals surface area (Å²) in [6, 6.07) is 7.60. The molecule has 4 rings (SSSR count). The lowest BCUT2D eigenvalue weighted by Gasteiger charge is -2.12. The smallest absolute Gasteiger partial charge is 0.145 e. The Kier molecular flexibility index (Phi) is 4.14. The summed E-state index contributed by atoms with van der Waals surface area (Å²) in [4.78, 5) is 11.9. The molecule has 0 radical (unpaired) electrons. The molecule has 8 heteroatoms. The Morgan fingerprint density at radius 3 is 2.88 bits per heavy atom. The topological polar surface area (TPSA) is 89.9 Å². The van der Waals surface area contributed by atoms with Gasteiger partial charge < -0.3 is 19.8 Å². The highest BCUT2D eigenvalue weighted by Gasteiger charge is 2.13. The maximum Gasteiger partial charge on any atom is 0.145 e. The molecule has 0 amide bonds. The van der Waals surface area contributed by atoms with Crippen LogP contribution in [0.2, 0.25) is 0 Å². The molecule has 26 heavy (non-hydrogen) atoms. The maximum atomic E-state index is 5.46. The Labute approximate surface area is 149 Å². The second kappa shape index (κ2) is 6.75. The van der Waals surface area contributed by atoms with Crippen LogP contribution in [0.25, 0.3) is 16.7 Å². The molecule has 1 aromatic carbocycles. The van der Waals surface area contributed by atoms with Gasteiger partial charge in [0.1, 0.15) is 29.3 Å². The van der Waals surface area contributed by atoms with Gasteiger partial charge in [-0.05, 0) is 18.2 Å². The average Bonchev–Trinajstić information content (AvgIpc) is 3.35. The first-order valence-electron chi connectivity index (χ1n) is 8.07. The summed E-state index contributed by atoms with van der Waals surface area (Å²) in [5, 5.41) is 8.54. The number of hydrogen-bond acceptors (Lipinski definition) is 6. The molecule has 132 valence electrons. The zero-order valence-electron chi connectivity index (χ0n) is 14.4. The number of hydrogen-bond donors (Lipinski definition) is 2. The fraction of sp³-hybridized carbons (Fsp3) is 0.167. The van der Waals surface area contributed by atoms with Crippen LogP contribution in [0.15, 0.2) is 49.2 Å². The van der Waals surface area contributed by atoms with Crippen molar-refractivity contribution in [2.75, 3.05) is 19.5 Å². The van der Waals surface area contributed by atoms with Gasteiger partial charge in [-0.2, -0.15) is 5.10 Å². The molecule has 0 aliphatic heterocycles. The van der Waals surface area contributed by atoms with E-state index in [1.165, 1.54) is 6.33 Å². The number of ether oxygens (including phenoxy) is 2. The minimum atomic E-state index is 0.545. The van der Waals surface area contributed by atoms with Crippen LogP contribution in [0.3, 0.4) is 0 Å². The number of H-pyrrole nitrogens is 1. The van der Waals surface area contributed by atoms with E-state index in [0.29, 0.717) is 6.54 Å². The lowest BCUT2D eigenvalue weighted by atomic mass is 10.2. The highest BCUT2D eigenvalue weighted by molar-refractivity contribution is 5.94. The van der Waals surface area contributed by atoms with Gasteiger partial charge in [-0.25, -0.2) is 14.6 Å². The molecule has 0 saturated heterocycles. The van der Waals surface area contributed by atoms with Crippen molar-refractivity contribution in [1.29, 1.82) is 0 Å². The molecule has 0 saturated carbocycles. The first kappa shape index (κ1) is 15.9. The number of anilines is 1. The molecule has 3 heterocycles. The van der Waals surface area contributed by atoms with Gasteiger partial charge in [0.05, 0.1) is 25.3 Å². The summed E-state index contributed by atoms with van der Waals surface area (Å²) in [5.41, 5.74) is 2.63. The third kappa shape index (κ3) is 2.81. The van der Waals surface area contributed by atoms with E-state index in [4.69, 9.17) is 9.47 Å². The number of nitrogens with zero attached hydrogens (tertiary/aromatic N) is 4. The van der Waals surface area contributed by atoms with Crippen molar-refractivity contribution in [2.45, 2.75) is 6.54 Å². The third-order valence-electron chi connectivity index (χ3n) is 4.14. The maximum absolute atomic E-state index is 5.46. The number of benzene rings is 1. The Morgan fingerprint density at radius 1 is 1.19 bits per heavy atom. The predicted molar refractivity (Wildman–Crippen MR) is 97.9 cm³/mol. The lowest BCUT2D eigenvalue weighted by molar-refractivity contribution is 0.391. The molecular weight excluding hydrogens is 332 g/mol. The van der Waals surface area contributed by atoms with E-state index in [-0.39, 0.29) is 0 Å². The van der Waals surface area contributed by atoms with Crippen LogP contribution >= 0.6 is 0 Å². The summed E-state index contributed by atoms with van der Waals surface area (Å²) in [6.07, 6.45) is 7.01. The van der Waals surface area contributed by atoms with Gasteiger partial charge in [0, 0.05) is 36.8 Å². The first-order chi connectivity index (χ1) is 12.8. The van der Waals surface area contributed by atoms with Crippen LogP contribution < -0.4 is 14.8 Å². The minimum Gasteiger partial charge on any atom is -0.497 e. The monoisotopic (exact) mass is 350 g/mol. The molecule has 0 unspecified atom stereocenters. The number of aromatic nitrogens is 5. The van der Waals surface area contributed by atoms with E-state index in [0.717, 1.165) is 39.6 Å². The molecule has 0 aliphatic carbocycles. The van der Waals surface area contributed by atoms with E-state index in [1.807, 2.05) is 36.7 Å². The molecule has 0 atom stereocenters. The van der Waals surface area contributed by atoms with E-state index in [2.05, 4.69) is 25.4 Å². The summed E-state index contributed by atoms with van der Waals surface area (Å²) >= 11 is 0. The standard InChI is InChI=1S/C18H18N6O2/c1-25-13-5-4-12(15(8-13)26-2)9-19-17-16-14(24-7-3-6-23-24)10-20-18(16)22-11-21-17/h3-8,10-11H,9H2,1-2H3,(H2,19,20,21,22). The van der Waals surface area contributed by atoms with Crippen LogP contribution in [0.4, 0.5) is 5.82 Å². The molecule has 0 fully saturated rings. The number of aromatic amines is 1. The van der Waals surface area contributed by atoms with Gasteiger partial charge in [-0.1, -0.05) is 0 Å². The predicted octanol–water partition coefficient (Wildman–Crippen LogP) is 2.77. The van der Waals surface area contributed by atoms with Crippen molar-refractivity contribution in [3.05, 3.63) is 54.7 Å². The average molecular weight is 350 g/mol. The van der Waals surface area contributed by atoms with Crippen LogP contribution in [0.5, 0.6) is 11.5 Å². The zero-order chi connectivity index (χ0) is 17.9. The SMILES string of the molecule is COc1ccc(CNc2ncnc3[nH]cc(-n4cccn4)c23)c(OC)c1. The molecule has 4 aromatic rings. The van der Waals surface area contributed by atoms with E-state index in [1.54, 1.807) is 25.1 Å². The van der Waals surface area contributed by atoms with Crippen LogP contribution in [0.1, 0.15) is 5.56 Å². The number of rotatable bonds is 6. The van der Waals surface area contributed by atoms with E-state index in [9.17, 15) is 0 Å². The highest BCUT2D eigenvalue weighted by Crippen LogP contribution is 2.28. The van der Waals surface area contributed by atoms with Gasteiger partial charge in [-0.3, -0.25) is 0 Å². The van der Waals surface area contributed by atoms with Crippen molar-refractivity contribution < 1.29 is 9.47 Å². The van der Waals surface area contributed by atoms with Gasteiger partial charge in [0.25, 0.3) is 0 Å². The van der Waals surface area contributed by atoms with Crippen molar-refractivity contribution in [1.82, 2.24) is 24.7 Å². The van der Waals surface area contributed by atoms with Crippen LogP contribution in [-0.2, 0) is 6.54 Å². The molecule has 3 aromatic heterocycles. The second-order valence-electron chi connectivity index (χ2n) is 5.60. The number of nitrogens with one attached hydrogen (secondary N) is 2. The van der Waals surface area contributed by atoms with Gasteiger partial charge in [0.15, 0.2) is 0 Å². The fourth-order valence-corrected chi connectivity index (χ4v) is 2.85. The summed E-state index contributed by atoms with van der Waals surface area (Å²) in [5.74, 6) is 2.23. The van der Waals surface area contributed by atoms with Crippen LogP contribution in [-0.4, -0.2) is 39.0 Å². The Bertz CT molecular complexity index is 1030. The van der Waals surface area contributed by atoms with Crippen molar-refractivity contribution >= 4 is 16.9 Å². The quantitative estimate of drug-likeness (QED) is 0.556. The van der Waals surface area contributed by atoms with Gasteiger partial charge in [-0.15, -0.1) is 0 Å². The van der Waals surface area contributed by atoms with Crippen molar-refractivity contribution in [3.8, 4) is 17.2 Å². The Balaban J connectivity index is 1.67. The molecule has 0 spiro atoms. The second-order valence-corrected chi connectivity index (χ2v) is 5.60. The summed E-state index contributed by atoms with van der Waals surface area (Å²) in [7, 11) is 3.27. The van der Waals surface area contributed by atoms with Gasteiger partial charge >= 0.3 is 0 Å². The first-order valence-corrected chi connectivity index (χ1v) is 8.07. The Hall–Kier alpha value is -3.55. The minimum absolute atomic E-state index is 0.545. The summed E-state index contributed by atoms with van der Waals surface area (Å²) in [6.45, 7) is 0.545. The number of fused-ring (bicyclic) bond motifs is 1.